The average Bonchev–Trinajstić information content (AvgIpc) is 2.95. The van der Waals surface area contributed by atoms with Gasteiger partial charge in [-0.1, -0.05) is 12.1 Å². The highest BCUT2D eigenvalue weighted by atomic mass is 32.1. The van der Waals surface area contributed by atoms with E-state index >= 15 is 0 Å². The first kappa shape index (κ1) is 20.3. The summed E-state index contributed by atoms with van der Waals surface area (Å²) in [6, 6.07) is 7.85. The summed E-state index contributed by atoms with van der Waals surface area (Å²) in [5, 5.41) is 3.81. The van der Waals surface area contributed by atoms with Crippen LogP contribution >= 0.6 is 11.3 Å². The summed E-state index contributed by atoms with van der Waals surface area (Å²) in [7, 11) is 3.55. The van der Waals surface area contributed by atoms with Gasteiger partial charge in [-0.05, 0) is 46.9 Å². The van der Waals surface area contributed by atoms with Gasteiger partial charge in [-0.15, -0.1) is 11.3 Å². The van der Waals surface area contributed by atoms with E-state index < -0.39 is 0 Å². The number of amides is 2. The Morgan fingerprint density at radius 3 is 2.46 bits per heavy atom. The number of rotatable bonds is 6. The number of fused-ring (bicyclic) bond motifs is 1. The van der Waals surface area contributed by atoms with Gasteiger partial charge in [-0.2, -0.15) is 0 Å². The monoisotopic (exact) mass is 376 g/mol. The molecular weight excluding hydrogens is 348 g/mol. The third-order valence-electron chi connectivity index (χ3n) is 3.98. The molecule has 1 heterocycles. The first-order chi connectivity index (χ1) is 12.1. The van der Waals surface area contributed by atoms with Crippen LogP contribution in [0.5, 0.6) is 0 Å². The van der Waals surface area contributed by atoms with Crippen LogP contribution in [0.2, 0.25) is 0 Å². The van der Waals surface area contributed by atoms with Crippen molar-refractivity contribution in [1.82, 2.24) is 20.1 Å². The molecule has 0 fully saturated rings. The minimum Gasteiger partial charge on any atom is -0.350 e. The molecule has 2 aromatic rings. The number of aromatic nitrogens is 1. The second-order valence-electron chi connectivity index (χ2n) is 7.67. The van der Waals surface area contributed by atoms with Crippen molar-refractivity contribution in [2.45, 2.75) is 39.3 Å². The standard InChI is InChI=1S/C19H28N4O2S/c1-13(18-20-14-9-7-8-10-15(14)26-18)23(6)17(25)12-22(5)11-16(24)21-19(2,3)4/h7-10,13H,11-12H2,1-6H3,(H,21,24)/t13-/m0/s1. The van der Waals surface area contributed by atoms with Gasteiger partial charge in [0.25, 0.3) is 0 Å². The van der Waals surface area contributed by atoms with Crippen LogP contribution in [0.1, 0.15) is 38.7 Å². The average molecular weight is 377 g/mol. The maximum Gasteiger partial charge on any atom is 0.237 e. The number of hydrogen-bond donors (Lipinski definition) is 1. The van der Waals surface area contributed by atoms with Crippen LogP contribution in [0.15, 0.2) is 24.3 Å². The van der Waals surface area contributed by atoms with Gasteiger partial charge < -0.3 is 10.2 Å². The van der Waals surface area contributed by atoms with Crippen molar-refractivity contribution >= 4 is 33.4 Å². The fourth-order valence-electron chi connectivity index (χ4n) is 2.55. The first-order valence-electron chi connectivity index (χ1n) is 8.67. The zero-order chi connectivity index (χ0) is 19.5. The van der Waals surface area contributed by atoms with Gasteiger partial charge in [0.1, 0.15) is 5.01 Å². The normalized spacial score (nSPS) is 13.0. The SMILES string of the molecule is C[C@@H](c1nc2ccccc2s1)N(C)C(=O)CN(C)CC(=O)NC(C)(C)C. The molecule has 142 valence electrons. The Kier molecular flexibility index (Phi) is 6.36. The van der Waals surface area contributed by atoms with Crippen molar-refractivity contribution in [1.29, 1.82) is 0 Å². The van der Waals surface area contributed by atoms with E-state index in [9.17, 15) is 9.59 Å². The summed E-state index contributed by atoms with van der Waals surface area (Å²) in [5.41, 5.74) is 0.677. The maximum absolute atomic E-state index is 12.6. The Bertz CT molecular complexity index is 748. The molecule has 0 saturated heterocycles. The highest BCUT2D eigenvalue weighted by Crippen LogP contribution is 2.28. The molecule has 0 aliphatic carbocycles. The molecule has 26 heavy (non-hydrogen) atoms. The Balaban J connectivity index is 1.94. The summed E-state index contributed by atoms with van der Waals surface area (Å²) in [5.74, 6) is -0.127. The minimum atomic E-state index is -0.278. The molecule has 0 aliphatic rings. The second-order valence-corrected chi connectivity index (χ2v) is 8.73. The fourth-order valence-corrected chi connectivity index (χ4v) is 3.61. The molecule has 2 amide bonds. The van der Waals surface area contributed by atoms with Crippen molar-refractivity contribution in [3.8, 4) is 0 Å². The predicted octanol–water partition coefficient (Wildman–Crippen LogP) is 2.66. The van der Waals surface area contributed by atoms with Gasteiger partial charge >= 0.3 is 0 Å². The van der Waals surface area contributed by atoms with Gasteiger partial charge in [-0.3, -0.25) is 14.5 Å². The predicted molar refractivity (Wildman–Crippen MR) is 106 cm³/mol. The molecule has 0 aliphatic heterocycles. The number of carbonyl (C=O) groups excluding carboxylic acids is 2. The lowest BCUT2D eigenvalue weighted by molar-refractivity contribution is -0.133. The van der Waals surface area contributed by atoms with E-state index in [2.05, 4.69) is 10.3 Å². The van der Waals surface area contributed by atoms with E-state index in [0.717, 1.165) is 15.2 Å². The maximum atomic E-state index is 12.6. The number of likely N-dealkylation sites (N-methyl/N-ethyl adjacent to an activating group) is 2. The van der Waals surface area contributed by atoms with E-state index in [-0.39, 0.29) is 36.5 Å². The van der Waals surface area contributed by atoms with E-state index in [0.29, 0.717) is 0 Å². The molecular formula is C19H28N4O2S. The number of hydrogen-bond acceptors (Lipinski definition) is 5. The Morgan fingerprint density at radius 2 is 1.85 bits per heavy atom. The molecule has 6 nitrogen and oxygen atoms in total. The molecule has 0 spiro atoms. The number of carbonyl (C=O) groups is 2. The lowest BCUT2D eigenvalue weighted by Crippen LogP contribution is -2.47. The smallest absolute Gasteiger partial charge is 0.237 e. The summed E-state index contributed by atoms with van der Waals surface area (Å²) < 4.78 is 1.12. The Labute approximate surface area is 159 Å². The summed E-state index contributed by atoms with van der Waals surface area (Å²) in [6.45, 7) is 8.15. The van der Waals surface area contributed by atoms with Gasteiger partial charge in [0, 0.05) is 12.6 Å². The van der Waals surface area contributed by atoms with E-state index in [4.69, 9.17) is 0 Å². The summed E-state index contributed by atoms with van der Waals surface area (Å²) in [4.78, 5) is 32.6. The minimum absolute atomic E-state index is 0.0391. The number of benzene rings is 1. The van der Waals surface area contributed by atoms with Crippen LogP contribution in [0.3, 0.4) is 0 Å². The number of thiazole rings is 1. The first-order valence-corrected chi connectivity index (χ1v) is 9.49. The third-order valence-corrected chi connectivity index (χ3v) is 5.18. The Hall–Kier alpha value is -1.99. The van der Waals surface area contributed by atoms with Gasteiger partial charge in [-0.25, -0.2) is 4.98 Å². The highest BCUT2D eigenvalue weighted by molar-refractivity contribution is 7.18. The zero-order valence-electron chi connectivity index (χ0n) is 16.4. The molecule has 1 aromatic carbocycles. The lowest BCUT2D eigenvalue weighted by Gasteiger charge is -2.27. The van der Waals surface area contributed by atoms with Crippen LogP contribution < -0.4 is 5.32 Å². The fraction of sp³-hybridized carbons (Fsp3) is 0.526. The van der Waals surface area contributed by atoms with E-state index in [1.807, 2.05) is 52.0 Å². The van der Waals surface area contributed by atoms with Gasteiger partial charge in [0.05, 0.1) is 29.3 Å². The van der Waals surface area contributed by atoms with Gasteiger partial charge in [0.15, 0.2) is 0 Å². The summed E-state index contributed by atoms with van der Waals surface area (Å²) >= 11 is 1.60. The van der Waals surface area contributed by atoms with Crippen LogP contribution in [-0.2, 0) is 9.59 Å². The van der Waals surface area contributed by atoms with Crippen molar-refractivity contribution in [2.75, 3.05) is 27.2 Å². The third kappa shape index (κ3) is 5.51. The lowest BCUT2D eigenvalue weighted by atomic mass is 10.1. The number of nitrogens with zero attached hydrogens (tertiary/aromatic N) is 3. The molecule has 1 N–H and O–H groups in total. The largest absolute Gasteiger partial charge is 0.350 e. The molecule has 1 aromatic heterocycles. The van der Waals surface area contributed by atoms with Crippen molar-refractivity contribution < 1.29 is 9.59 Å². The zero-order valence-corrected chi connectivity index (χ0v) is 17.2. The Morgan fingerprint density at radius 1 is 1.19 bits per heavy atom. The van der Waals surface area contributed by atoms with E-state index in [1.54, 1.807) is 35.2 Å². The van der Waals surface area contributed by atoms with Gasteiger partial charge in [0.2, 0.25) is 11.8 Å². The summed E-state index contributed by atoms with van der Waals surface area (Å²) in [6.07, 6.45) is 0. The molecule has 7 heteroatoms. The molecule has 1 atom stereocenters. The molecule has 0 saturated carbocycles. The number of nitrogens with one attached hydrogen (secondary N) is 1. The van der Waals surface area contributed by atoms with Crippen LogP contribution in [0, 0.1) is 0 Å². The van der Waals surface area contributed by atoms with Crippen molar-refractivity contribution in [3.63, 3.8) is 0 Å². The van der Waals surface area contributed by atoms with Crippen LogP contribution in [0.4, 0.5) is 0 Å². The second kappa shape index (κ2) is 8.14. The highest BCUT2D eigenvalue weighted by Gasteiger charge is 2.23. The molecule has 2 rings (SSSR count). The van der Waals surface area contributed by atoms with E-state index in [1.165, 1.54) is 0 Å². The molecule has 0 radical (unpaired) electrons. The van der Waals surface area contributed by atoms with Crippen LogP contribution in [0.25, 0.3) is 10.2 Å². The quantitative estimate of drug-likeness (QED) is 0.842. The molecule has 0 unspecified atom stereocenters. The van der Waals surface area contributed by atoms with Crippen LogP contribution in [-0.4, -0.2) is 59.3 Å². The van der Waals surface area contributed by atoms with Crippen molar-refractivity contribution in [3.05, 3.63) is 29.3 Å². The van der Waals surface area contributed by atoms with Crippen molar-refractivity contribution in [2.24, 2.45) is 0 Å². The topological polar surface area (TPSA) is 65.5 Å². The number of para-hydroxylation sites is 1. The molecule has 0 bridgehead atoms.